The van der Waals surface area contributed by atoms with Gasteiger partial charge < -0.3 is 15.1 Å². The molecule has 0 bridgehead atoms. The summed E-state index contributed by atoms with van der Waals surface area (Å²) in [4.78, 5) is 16.9. The first-order valence-electron chi connectivity index (χ1n) is 7.78. The van der Waals surface area contributed by atoms with Crippen LogP contribution in [-0.2, 0) is 0 Å². The lowest BCUT2D eigenvalue weighted by molar-refractivity contribution is 0.0947. The average molecular weight is 419 g/mol. The highest BCUT2D eigenvalue weighted by molar-refractivity contribution is 14.1. The smallest absolute Gasteiger partial charge is 0.252 e. The van der Waals surface area contributed by atoms with Crippen LogP contribution in [-0.4, -0.2) is 61.5 Å². The van der Waals surface area contributed by atoms with E-state index in [1.165, 1.54) is 12.1 Å². The SMILES string of the molecule is CCN1CCN(CCCNC(=O)c2cc(F)ccc2I)CC1. The van der Waals surface area contributed by atoms with E-state index in [0.717, 1.165) is 49.3 Å². The van der Waals surface area contributed by atoms with Gasteiger partial charge in [-0.2, -0.15) is 0 Å². The maximum absolute atomic E-state index is 13.2. The first-order valence-corrected chi connectivity index (χ1v) is 8.86. The highest BCUT2D eigenvalue weighted by Gasteiger charge is 2.15. The van der Waals surface area contributed by atoms with E-state index < -0.39 is 0 Å². The fourth-order valence-electron chi connectivity index (χ4n) is 2.60. The van der Waals surface area contributed by atoms with Crippen LogP contribution < -0.4 is 5.32 Å². The molecular formula is C16H23FIN3O. The van der Waals surface area contributed by atoms with Crippen molar-refractivity contribution >= 4 is 28.5 Å². The molecule has 4 nitrogen and oxygen atoms in total. The van der Waals surface area contributed by atoms with Crippen molar-refractivity contribution < 1.29 is 9.18 Å². The molecule has 0 aromatic heterocycles. The molecule has 1 fully saturated rings. The number of benzene rings is 1. The quantitative estimate of drug-likeness (QED) is 0.568. The molecule has 0 atom stereocenters. The van der Waals surface area contributed by atoms with Gasteiger partial charge >= 0.3 is 0 Å². The van der Waals surface area contributed by atoms with Gasteiger partial charge in [0.15, 0.2) is 0 Å². The van der Waals surface area contributed by atoms with E-state index in [1.54, 1.807) is 6.07 Å². The Morgan fingerprint density at radius 1 is 1.27 bits per heavy atom. The average Bonchev–Trinajstić information content (AvgIpc) is 2.54. The lowest BCUT2D eigenvalue weighted by Crippen LogP contribution is -2.46. The van der Waals surface area contributed by atoms with Gasteiger partial charge in [0.2, 0.25) is 0 Å². The molecule has 1 aromatic rings. The monoisotopic (exact) mass is 419 g/mol. The van der Waals surface area contributed by atoms with Crippen molar-refractivity contribution in [3.63, 3.8) is 0 Å². The minimum absolute atomic E-state index is 0.195. The van der Waals surface area contributed by atoms with E-state index >= 15 is 0 Å². The van der Waals surface area contributed by atoms with Gasteiger partial charge in [0.05, 0.1) is 5.56 Å². The van der Waals surface area contributed by atoms with Crippen molar-refractivity contribution in [2.24, 2.45) is 0 Å². The highest BCUT2D eigenvalue weighted by Crippen LogP contribution is 2.13. The summed E-state index contributed by atoms with van der Waals surface area (Å²) in [5.74, 6) is -0.570. The van der Waals surface area contributed by atoms with E-state index in [9.17, 15) is 9.18 Å². The third kappa shape index (κ3) is 5.17. The van der Waals surface area contributed by atoms with Crippen LogP contribution in [0.25, 0.3) is 0 Å². The van der Waals surface area contributed by atoms with Crippen molar-refractivity contribution in [2.45, 2.75) is 13.3 Å². The summed E-state index contributed by atoms with van der Waals surface area (Å²) in [5, 5.41) is 2.88. The zero-order valence-corrected chi connectivity index (χ0v) is 15.1. The van der Waals surface area contributed by atoms with Crippen molar-refractivity contribution in [1.82, 2.24) is 15.1 Å². The number of piperazine rings is 1. The maximum atomic E-state index is 13.2. The second kappa shape index (κ2) is 8.79. The van der Waals surface area contributed by atoms with E-state index in [4.69, 9.17) is 0 Å². The van der Waals surface area contributed by atoms with Gasteiger partial charge in [-0.25, -0.2) is 4.39 Å². The number of halogens is 2. The number of nitrogens with one attached hydrogen (secondary N) is 1. The van der Waals surface area contributed by atoms with Crippen LogP contribution in [0.3, 0.4) is 0 Å². The molecule has 2 rings (SSSR count). The van der Waals surface area contributed by atoms with Gasteiger partial charge in [-0.3, -0.25) is 4.79 Å². The first-order chi connectivity index (χ1) is 10.6. The summed E-state index contributed by atoms with van der Waals surface area (Å²) in [6, 6.07) is 4.29. The van der Waals surface area contributed by atoms with Crippen molar-refractivity contribution in [3.05, 3.63) is 33.1 Å². The number of carbonyl (C=O) groups excluding carboxylic acids is 1. The molecule has 1 aliphatic rings. The van der Waals surface area contributed by atoms with Gasteiger partial charge in [0, 0.05) is 36.3 Å². The normalized spacial score (nSPS) is 16.7. The van der Waals surface area contributed by atoms with Gasteiger partial charge in [-0.05, 0) is 60.3 Å². The number of rotatable bonds is 6. The summed E-state index contributed by atoms with van der Waals surface area (Å²) in [6.45, 7) is 9.40. The minimum atomic E-state index is -0.376. The van der Waals surface area contributed by atoms with E-state index in [2.05, 4.69) is 44.6 Å². The Hall–Kier alpha value is -0.730. The molecule has 1 aromatic carbocycles. The van der Waals surface area contributed by atoms with Crippen LogP contribution in [0, 0.1) is 9.39 Å². The summed E-state index contributed by atoms with van der Waals surface area (Å²) in [7, 11) is 0. The van der Waals surface area contributed by atoms with Gasteiger partial charge in [0.1, 0.15) is 5.82 Å². The zero-order chi connectivity index (χ0) is 15.9. The van der Waals surface area contributed by atoms with Gasteiger partial charge in [-0.15, -0.1) is 0 Å². The van der Waals surface area contributed by atoms with E-state index in [1.807, 2.05) is 0 Å². The number of nitrogens with zero attached hydrogens (tertiary/aromatic N) is 2. The molecule has 1 amide bonds. The van der Waals surface area contributed by atoms with Crippen LogP contribution in [0.1, 0.15) is 23.7 Å². The fraction of sp³-hybridized carbons (Fsp3) is 0.562. The van der Waals surface area contributed by atoms with Crippen LogP contribution in [0.15, 0.2) is 18.2 Å². The zero-order valence-electron chi connectivity index (χ0n) is 12.9. The number of hydrogen-bond acceptors (Lipinski definition) is 3. The Labute approximate surface area is 145 Å². The molecule has 22 heavy (non-hydrogen) atoms. The first kappa shape index (κ1) is 17.6. The molecule has 0 spiro atoms. The number of carbonyl (C=O) groups is 1. The van der Waals surface area contributed by atoms with Crippen molar-refractivity contribution in [3.8, 4) is 0 Å². The van der Waals surface area contributed by atoms with Crippen LogP contribution in [0.2, 0.25) is 0 Å². The molecule has 0 unspecified atom stereocenters. The number of likely N-dealkylation sites (N-methyl/N-ethyl adjacent to an activating group) is 1. The maximum Gasteiger partial charge on any atom is 0.252 e. The predicted octanol–water partition coefficient (Wildman–Crippen LogP) is 2.19. The predicted molar refractivity (Wildman–Crippen MR) is 94.6 cm³/mol. The Morgan fingerprint density at radius 3 is 2.64 bits per heavy atom. The van der Waals surface area contributed by atoms with Gasteiger partial charge in [0.25, 0.3) is 5.91 Å². The van der Waals surface area contributed by atoms with Gasteiger partial charge in [-0.1, -0.05) is 6.92 Å². The molecule has 0 aliphatic carbocycles. The second-order valence-electron chi connectivity index (χ2n) is 5.51. The lowest BCUT2D eigenvalue weighted by Gasteiger charge is -2.33. The lowest BCUT2D eigenvalue weighted by atomic mass is 10.2. The van der Waals surface area contributed by atoms with E-state index in [-0.39, 0.29) is 11.7 Å². The van der Waals surface area contributed by atoms with Crippen molar-refractivity contribution in [1.29, 1.82) is 0 Å². The molecular weight excluding hydrogens is 396 g/mol. The Morgan fingerprint density at radius 2 is 1.95 bits per heavy atom. The summed E-state index contributed by atoms with van der Waals surface area (Å²) < 4.78 is 14.0. The number of hydrogen-bond donors (Lipinski definition) is 1. The molecule has 122 valence electrons. The van der Waals surface area contributed by atoms with E-state index in [0.29, 0.717) is 12.1 Å². The Kier molecular flexibility index (Phi) is 7.04. The molecule has 1 aliphatic heterocycles. The second-order valence-corrected chi connectivity index (χ2v) is 6.67. The van der Waals surface area contributed by atoms with Crippen LogP contribution >= 0.6 is 22.6 Å². The summed E-state index contributed by atoms with van der Waals surface area (Å²) in [6.07, 6.45) is 0.920. The van der Waals surface area contributed by atoms with Crippen LogP contribution in [0.5, 0.6) is 0 Å². The largest absolute Gasteiger partial charge is 0.352 e. The molecule has 0 saturated carbocycles. The fourth-order valence-corrected chi connectivity index (χ4v) is 3.18. The van der Waals surface area contributed by atoms with Crippen LogP contribution in [0.4, 0.5) is 4.39 Å². The molecule has 1 saturated heterocycles. The third-order valence-electron chi connectivity index (χ3n) is 4.02. The third-order valence-corrected chi connectivity index (χ3v) is 4.96. The Bertz CT molecular complexity index is 504. The highest BCUT2D eigenvalue weighted by atomic mass is 127. The summed E-state index contributed by atoms with van der Waals surface area (Å²) >= 11 is 2.05. The molecule has 1 N–H and O–H groups in total. The standard InChI is InChI=1S/C16H23FIN3O/c1-2-20-8-10-21(11-9-20)7-3-6-19-16(22)14-12-13(17)4-5-15(14)18/h4-5,12H,2-3,6-11H2,1H3,(H,19,22). The minimum Gasteiger partial charge on any atom is -0.352 e. The topological polar surface area (TPSA) is 35.6 Å². The molecule has 0 radical (unpaired) electrons. The Balaban J connectivity index is 1.68. The summed E-state index contributed by atoms with van der Waals surface area (Å²) in [5.41, 5.74) is 0.414. The number of amides is 1. The molecule has 1 heterocycles. The molecule has 6 heteroatoms. The van der Waals surface area contributed by atoms with Crippen molar-refractivity contribution in [2.75, 3.05) is 45.8 Å².